The minimum atomic E-state index is -0.318. The van der Waals surface area contributed by atoms with Crippen molar-refractivity contribution in [3.8, 4) is 5.69 Å². The summed E-state index contributed by atoms with van der Waals surface area (Å²) in [7, 11) is 0. The van der Waals surface area contributed by atoms with E-state index in [-0.39, 0.29) is 5.97 Å². The lowest BCUT2D eigenvalue weighted by molar-refractivity contribution is 0.0500. The normalized spacial score (nSPS) is 10.4. The molecular weight excluding hydrogens is 292 g/mol. The van der Waals surface area contributed by atoms with Crippen molar-refractivity contribution in [2.24, 2.45) is 0 Å². The molecule has 0 fully saturated rings. The number of ether oxygens (including phenoxy) is 1. The fraction of sp³-hybridized carbons (Fsp3) is 0.176. The van der Waals surface area contributed by atoms with Gasteiger partial charge in [0.15, 0.2) is 0 Å². The highest BCUT2D eigenvalue weighted by molar-refractivity contribution is 5.89. The molecule has 6 nitrogen and oxygen atoms in total. The van der Waals surface area contributed by atoms with E-state index in [4.69, 9.17) is 4.74 Å². The molecule has 2 aromatic carbocycles. The van der Waals surface area contributed by atoms with E-state index in [2.05, 4.69) is 27.7 Å². The molecule has 23 heavy (non-hydrogen) atoms. The molecule has 6 heteroatoms. The number of aryl methyl sites for hydroxylation is 1. The molecule has 0 amide bonds. The van der Waals surface area contributed by atoms with Crippen LogP contribution in [0.15, 0.2) is 60.9 Å². The lowest BCUT2D eigenvalue weighted by Crippen LogP contribution is -2.07. The number of tetrazole rings is 1. The Bertz CT molecular complexity index is 740. The molecule has 1 aromatic heterocycles. The van der Waals surface area contributed by atoms with Crippen LogP contribution in [0.5, 0.6) is 0 Å². The molecular formula is C17H16N4O2. The van der Waals surface area contributed by atoms with Crippen LogP contribution in [-0.2, 0) is 11.2 Å². The van der Waals surface area contributed by atoms with Gasteiger partial charge in [-0.2, -0.15) is 0 Å². The number of carbonyl (C=O) groups excluding carboxylic acids is 1. The van der Waals surface area contributed by atoms with Gasteiger partial charge < -0.3 is 4.74 Å². The summed E-state index contributed by atoms with van der Waals surface area (Å²) in [5, 5.41) is 10.9. The first kappa shape index (κ1) is 14.9. The third-order valence-electron chi connectivity index (χ3n) is 3.40. The van der Waals surface area contributed by atoms with Crippen molar-refractivity contribution in [3.63, 3.8) is 0 Å². The number of hydrogen-bond acceptors (Lipinski definition) is 5. The Hall–Kier alpha value is -3.02. The van der Waals surface area contributed by atoms with E-state index in [1.54, 1.807) is 24.3 Å². The molecule has 0 saturated heterocycles. The van der Waals surface area contributed by atoms with E-state index in [1.165, 1.54) is 16.6 Å². The Balaban J connectivity index is 1.48. The lowest BCUT2D eigenvalue weighted by Gasteiger charge is -2.06. The Morgan fingerprint density at radius 1 is 1.04 bits per heavy atom. The van der Waals surface area contributed by atoms with Crippen molar-refractivity contribution in [3.05, 3.63) is 72.1 Å². The Morgan fingerprint density at radius 3 is 2.52 bits per heavy atom. The first-order valence-corrected chi connectivity index (χ1v) is 7.37. The van der Waals surface area contributed by atoms with Crippen molar-refractivity contribution < 1.29 is 9.53 Å². The van der Waals surface area contributed by atoms with Gasteiger partial charge >= 0.3 is 5.97 Å². The smallest absolute Gasteiger partial charge is 0.338 e. The number of hydrogen-bond donors (Lipinski definition) is 0. The second kappa shape index (κ2) is 7.31. The summed E-state index contributed by atoms with van der Waals surface area (Å²) in [6.07, 6.45) is 3.20. The van der Waals surface area contributed by atoms with Crippen LogP contribution < -0.4 is 0 Å². The second-order valence-electron chi connectivity index (χ2n) is 5.03. The van der Waals surface area contributed by atoms with E-state index in [1.807, 2.05) is 18.2 Å². The summed E-state index contributed by atoms with van der Waals surface area (Å²) in [5.41, 5.74) is 2.55. The molecule has 0 aliphatic carbocycles. The van der Waals surface area contributed by atoms with Crippen LogP contribution in [0.2, 0.25) is 0 Å². The maximum atomic E-state index is 12.0. The number of carbonyl (C=O) groups is 1. The van der Waals surface area contributed by atoms with E-state index >= 15 is 0 Å². The molecule has 0 radical (unpaired) electrons. The molecule has 0 unspecified atom stereocenters. The zero-order valence-corrected chi connectivity index (χ0v) is 12.5. The first-order chi connectivity index (χ1) is 11.3. The first-order valence-electron chi connectivity index (χ1n) is 7.37. The zero-order chi connectivity index (χ0) is 15.9. The maximum Gasteiger partial charge on any atom is 0.338 e. The van der Waals surface area contributed by atoms with Gasteiger partial charge in [-0.1, -0.05) is 30.3 Å². The molecule has 0 aliphatic heterocycles. The van der Waals surface area contributed by atoms with Crippen molar-refractivity contribution in [1.29, 1.82) is 0 Å². The SMILES string of the molecule is O=C(OCCCc1ccccc1)c1ccc(-n2cnnn2)cc1. The van der Waals surface area contributed by atoms with Crippen molar-refractivity contribution in [2.75, 3.05) is 6.61 Å². The summed E-state index contributed by atoms with van der Waals surface area (Å²) in [6, 6.07) is 17.1. The average Bonchev–Trinajstić information content (AvgIpc) is 3.14. The number of nitrogens with zero attached hydrogens (tertiary/aromatic N) is 4. The molecule has 3 rings (SSSR count). The molecule has 0 spiro atoms. The van der Waals surface area contributed by atoms with Gasteiger partial charge in [0.05, 0.1) is 17.9 Å². The van der Waals surface area contributed by atoms with Crippen LogP contribution in [0.3, 0.4) is 0 Å². The monoisotopic (exact) mass is 308 g/mol. The zero-order valence-electron chi connectivity index (χ0n) is 12.5. The summed E-state index contributed by atoms with van der Waals surface area (Å²) in [4.78, 5) is 12.0. The van der Waals surface area contributed by atoms with Gasteiger partial charge in [-0.05, 0) is 53.1 Å². The summed E-state index contributed by atoms with van der Waals surface area (Å²) >= 11 is 0. The van der Waals surface area contributed by atoms with Crippen LogP contribution in [0, 0.1) is 0 Å². The highest BCUT2D eigenvalue weighted by atomic mass is 16.5. The highest BCUT2D eigenvalue weighted by Crippen LogP contribution is 2.09. The molecule has 0 atom stereocenters. The molecule has 0 saturated carbocycles. The number of rotatable bonds is 6. The van der Waals surface area contributed by atoms with Crippen LogP contribution in [0.25, 0.3) is 5.69 Å². The van der Waals surface area contributed by atoms with Crippen LogP contribution >= 0.6 is 0 Å². The lowest BCUT2D eigenvalue weighted by atomic mass is 10.1. The second-order valence-corrected chi connectivity index (χ2v) is 5.03. The van der Waals surface area contributed by atoms with E-state index in [9.17, 15) is 4.79 Å². The fourth-order valence-electron chi connectivity index (χ4n) is 2.20. The van der Waals surface area contributed by atoms with Gasteiger partial charge in [0.1, 0.15) is 6.33 Å². The Kier molecular flexibility index (Phi) is 4.73. The quantitative estimate of drug-likeness (QED) is 0.517. The van der Waals surface area contributed by atoms with Crippen LogP contribution in [0.4, 0.5) is 0 Å². The minimum Gasteiger partial charge on any atom is -0.462 e. The third-order valence-corrected chi connectivity index (χ3v) is 3.40. The van der Waals surface area contributed by atoms with Crippen LogP contribution in [-0.4, -0.2) is 32.8 Å². The topological polar surface area (TPSA) is 69.9 Å². The van der Waals surface area contributed by atoms with E-state index < -0.39 is 0 Å². The largest absolute Gasteiger partial charge is 0.462 e. The Labute approximate surface area is 133 Å². The predicted molar refractivity (Wildman–Crippen MR) is 84.2 cm³/mol. The van der Waals surface area contributed by atoms with E-state index in [0.29, 0.717) is 12.2 Å². The maximum absolute atomic E-state index is 12.0. The van der Waals surface area contributed by atoms with Gasteiger partial charge in [0.2, 0.25) is 0 Å². The summed E-state index contributed by atoms with van der Waals surface area (Å²) < 4.78 is 6.82. The van der Waals surface area contributed by atoms with Gasteiger partial charge in [-0.15, -0.1) is 5.10 Å². The molecule has 0 aliphatic rings. The van der Waals surface area contributed by atoms with Crippen molar-refractivity contribution >= 4 is 5.97 Å². The van der Waals surface area contributed by atoms with Gasteiger partial charge in [-0.3, -0.25) is 0 Å². The number of esters is 1. The Morgan fingerprint density at radius 2 is 1.83 bits per heavy atom. The molecule has 0 N–H and O–H groups in total. The highest BCUT2D eigenvalue weighted by Gasteiger charge is 2.07. The molecule has 0 bridgehead atoms. The molecule has 3 aromatic rings. The summed E-state index contributed by atoms with van der Waals surface area (Å²) in [5.74, 6) is -0.318. The number of benzene rings is 2. The number of aromatic nitrogens is 4. The molecule has 1 heterocycles. The van der Waals surface area contributed by atoms with Crippen molar-refractivity contribution in [2.45, 2.75) is 12.8 Å². The minimum absolute atomic E-state index is 0.318. The molecule has 116 valence electrons. The summed E-state index contributed by atoms with van der Waals surface area (Å²) in [6.45, 7) is 0.405. The van der Waals surface area contributed by atoms with E-state index in [0.717, 1.165) is 18.5 Å². The third kappa shape index (κ3) is 4.00. The fourth-order valence-corrected chi connectivity index (χ4v) is 2.20. The standard InChI is InChI=1S/C17H16N4O2/c22-17(23-12-4-7-14-5-2-1-3-6-14)15-8-10-16(11-9-15)21-13-18-19-20-21/h1-3,5-6,8-11,13H,4,7,12H2. The van der Waals surface area contributed by atoms with Crippen molar-refractivity contribution in [1.82, 2.24) is 20.2 Å². The van der Waals surface area contributed by atoms with Gasteiger partial charge in [0.25, 0.3) is 0 Å². The average molecular weight is 308 g/mol. The van der Waals surface area contributed by atoms with Gasteiger partial charge in [0, 0.05) is 0 Å². The predicted octanol–water partition coefficient (Wildman–Crippen LogP) is 2.45. The van der Waals surface area contributed by atoms with Crippen LogP contribution in [0.1, 0.15) is 22.3 Å². The van der Waals surface area contributed by atoms with Gasteiger partial charge in [-0.25, -0.2) is 9.48 Å².